The van der Waals surface area contributed by atoms with Crippen LogP contribution < -0.4 is 5.32 Å². The number of benzene rings is 1. The molecule has 20 heavy (non-hydrogen) atoms. The molecule has 8 heteroatoms. The number of ketones is 1. The van der Waals surface area contributed by atoms with Gasteiger partial charge in [-0.1, -0.05) is 0 Å². The van der Waals surface area contributed by atoms with Crippen LogP contribution in [0.5, 0.6) is 0 Å². The Labute approximate surface area is 118 Å². The smallest absolute Gasteiger partial charge is 0.236 e. The molecule has 1 heterocycles. The van der Waals surface area contributed by atoms with Gasteiger partial charge in [0.1, 0.15) is 12.1 Å². The SMILES string of the molecule is O=C(CSCC(=O)c1ccc(F)cc1)Nc1ncn[nH]1. The minimum atomic E-state index is -0.388. The van der Waals surface area contributed by atoms with Crippen molar-refractivity contribution in [2.45, 2.75) is 0 Å². The Kier molecular flexibility index (Phi) is 4.83. The summed E-state index contributed by atoms with van der Waals surface area (Å²) in [6, 6.07) is 5.31. The van der Waals surface area contributed by atoms with Crippen molar-refractivity contribution in [1.82, 2.24) is 15.2 Å². The molecule has 2 rings (SSSR count). The maximum Gasteiger partial charge on any atom is 0.236 e. The van der Waals surface area contributed by atoms with Gasteiger partial charge < -0.3 is 0 Å². The van der Waals surface area contributed by atoms with Crippen LogP contribution in [0.25, 0.3) is 0 Å². The summed E-state index contributed by atoms with van der Waals surface area (Å²) in [5, 5.41) is 8.57. The first-order chi connectivity index (χ1) is 9.65. The van der Waals surface area contributed by atoms with Gasteiger partial charge in [0.15, 0.2) is 5.78 Å². The lowest BCUT2D eigenvalue weighted by Crippen LogP contribution is -2.16. The number of H-pyrrole nitrogens is 1. The molecule has 1 aromatic heterocycles. The van der Waals surface area contributed by atoms with Crippen LogP contribution in [-0.4, -0.2) is 38.4 Å². The number of nitrogens with one attached hydrogen (secondary N) is 2. The molecular weight excluding hydrogens is 283 g/mol. The molecule has 0 aliphatic rings. The van der Waals surface area contributed by atoms with Gasteiger partial charge in [0, 0.05) is 5.56 Å². The molecule has 0 fully saturated rings. The summed E-state index contributed by atoms with van der Waals surface area (Å²) >= 11 is 1.17. The number of aromatic nitrogens is 3. The molecule has 0 radical (unpaired) electrons. The average molecular weight is 294 g/mol. The first kappa shape index (κ1) is 14.2. The molecule has 1 aromatic carbocycles. The lowest BCUT2D eigenvalue weighted by molar-refractivity contribution is -0.113. The topological polar surface area (TPSA) is 87.7 Å². The first-order valence-corrected chi connectivity index (χ1v) is 6.82. The maximum absolute atomic E-state index is 12.7. The third-order valence-electron chi connectivity index (χ3n) is 2.31. The zero-order valence-corrected chi connectivity index (χ0v) is 11.1. The Bertz CT molecular complexity index is 586. The quantitative estimate of drug-likeness (QED) is 0.788. The minimum absolute atomic E-state index is 0.119. The van der Waals surface area contributed by atoms with Gasteiger partial charge in [-0.2, -0.15) is 10.1 Å². The fourth-order valence-electron chi connectivity index (χ4n) is 1.39. The molecule has 0 spiro atoms. The van der Waals surface area contributed by atoms with E-state index in [0.29, 0.717) is 5.56 Å². The number of rotatable bonds is 6. The molecule has 1 amide bonds. The van der Waals surface area contributed by atoms with Crippen molar-refractivity contribution in [3.63, 3.8) is 0 Å². The van der Waals surface area contributed by atoms with E-state index < -0.39 is 0 Å². The second-order valence-electron chi connectivity index (χ2n) is 3.81. The van der Waals surface area contributed by atoms with E-state index in [1.165, 1.54) is 42.4 Å². The Morgan fingerprint density at radius 3 is 2.65 bits per heavy atom. The van der Waals surface area contributed by atoms with Crippen LogP contribution in [0.3, 0.4) is 0 Å². The first-order valence-electron chi connectivity index (χ1n) is 5.67. The molecule has 0 aliphatic heterocycles. The van der Waals surface area contributed by atoms with Crippen LogP contribution in [0.4, 0.5) is 10.3 Å². The largest absolute Gasteiger partial charge is 0.294 e. The molecule has 2 N–H and O–H groups in total. The summed E-state index contributed by atoms with van der Waals surface area (Å²) < 4.78 is 12.7. The lowest BCUT2D eigenvalue weighted by atomic mass is 10.1. The standard InChI is InChI=1S/C12H11FN4O2S/c13-9-3-1-8(2-4-9)10(18)5-20-6-11(19)16-12-14-7-15-17-12/h1-4,7H,5-6H2,(H2,14,15,16,17,19). The van der Waals surface area contributed by atoms with E-state index in [0.717, 1.165) is 0 Å². The van der Waals surface area contributed by atoms with Gasteiger partial charge in [0.25, 0.3) is 0 Å². The summed E-state index contributed by atoms with van der Waals surface area (Å²) in [5.41, 5.74) is 0.426. The monoisotopic (exact) mass is 294 g/mol. The van der Waals surface area contributed by atoms with Crippen LogP contribution >= 0.6 is 11.8 Å². The van der Waals surface area contributed by atoms with Gasteiger partial charge in [-0.25, -0.2) is 9.49 Å². The predicted octanol–water partition coefficient (Wildman–Crippen LogP) is 1.50. The predicted molar refractivity (Wildman–Crippen MR) is 73.1 cm³/mol. The van der Waals surface area contributed by atoms with Gasteiger partial charge in [-0.05, 0) is 24.3 Å². The highest BCUT2D eigenvalue weighted by molar-refractivity contribution is 8.00. The van der Waals surface area contributed by atoms with E-state index in [1.54, 1.807) is 0 Å². The van der Waals surface area contributed by atoms with Gasteiger partial charge in [-0.15, -0.1) is 11.8 Å². The molecule has 0 bridgehead atoms. The van der Waals surface area contributed by atoms with Crippen LogP contribution in [0.1, 0.15) is 10.4 Å². The zero-order valence-electron chi connectivity index (χ0n) is 10.3. The number of carbonyl (C=O) groups is 2. The van der Waals surface area contributed by atoms with Crippen molar-refractivity contribution in [3.05, 3.63) is 42.0 Å². The second-order valence-corrected chi connectivity index (χ2v) is 4.79. The Morgan fingerprint density at radius 1 is 1.25 bits per heavy atom. The number of halogens is 1. The van der Waals surface area contributed by atoms with Crippen molar-refractivity contribution < 1.29 is 14.0 Å². The van der Waals surface area contributed by atoms with Gasteiger partial charge in [0.2, 0.25) is 11.9 Å². The summed E-state index contributed by atoms with van der Waals surface area (Å²) in [5.74, 6) is -0.287. The molecule has 0 saturated carbocycles. The Hall–Kier alpha value is -2.22. The number of hydrogen-bond donors (Lipinski definition) is 2. The number of Topliss-reactive ketones (excluding diaryl/α,β-unsaturated/α-hetero) is 1. The second kappa shape index (κ2) is 6.80. The van der Waals surface area contributed by atoms with Crippen molar-refractivity contribution in [2.75, 3.05) is 16.8 Å². The van der Waals surface area contributed by atoms with Crippen molar-refractivity contribution in [1.29, 1.82) is 0 Å². The molecule has 2 aromatic rings. The number of carbonyl (C=O) groups excluding carboxylic acids is 2. The van der Waals surface area contributed by atoms with E-state index in [9.17, 15) is 14.0 Å². The van der Waals surface area contributed by atoms with Crippen molar-refractivity contribution >= 4 is 29.4 Å². The van der Waals surface area contributed by atoms with E-state index >= 15 is 0 Å². The van der Waals surface area contributed by atoms with Gasteiger partial charge in [0.05, 0.1) is 11.5 Å². The zero-order chi connectivity index (χ0) is 14.4. The number of thioether (sulfide) groups is 1. The number of anilines is 1. The van der Waals surface area contributed by atoms with E-state index in [1.807, 2.05) is 0 Å². The van der Waals surface area contributed by atoms with Crippen molar-refractivity contribution in [3.8, 4) is 0 Å². The molecule has 0 atom stereocenters. The molecule has 6 nitrogen and oxygen atoms in total. The minimum Gasteiger partial charge on any atom is -0.294 e. The molecule has 0 unspecified atom stereocenters. The summed E-state index contributed by atoms with van der Waals surface area (Å²) in [4.78, 5) is 27.0. The van der Waals surface area contributed by atoms with E-state index in [4.69, 9.17) is 0 Å². The fourth-order valence-corrected chi connectivity index (χ4v) is 2.10. The van der Waals surface area contributed by atoms with Crippen molar-refractivity contribution in [2.24, 2.45) is 0 Å². The van der Waals surface area contributed by atoms with Gasteiger partial charge in [-0.3, -0.25) is 14.9 Å². The summed E-state index contributed by atoms with van der Waals surface area (Å²) in [7, 11) is 0. The Morgan fingerprint density at radius 2 is 2.00 bits per heavy atom. The fraction of sp³-hybridized carbons (Fsp3) is 0.167. The van der Waals surface area contributed by atoms with Gasteiger partial charge >= 0.3 is 0 Å². The third kappa shape index (κ3) is 4.16. The van der Waals surface area contributed by atoms with E-state index in [-0.39, 0.29) is 35.0 Å². The highest BCUT2D eigenvalue weighted by Crippen LogP contribution is 2.09. The number of amides is 1. The van der Waals surface area contributed by atoms with E-state index in [2.05, 4.69) is 20.5 Å². The van der Waals surface area contributed by atoms with Crippen LogP contribution in [0, 0.1) is 5.82 Å². The third-order valence-corrected chi connectivity index (χ3v) is 3.24. The average Bonchev–Trinajstić information content (AvgIpc) is 2.92. The summed E-state index contributed by atoms with van der Waals surface area (Å²) in [6.45, 7) is 0. The molecular formula is C12H11FN4O2S. The highest BCUT2D eigenvalue weighted by Gasteiger charge is 2.09. The number of hydrogen-bond acceptors (Lipinski definition) is 5. The summed E-state index contributed by atoms with van der Waals surface area (Å²) in [6.07, 6.45) is 1.28. The van der Waals surface area contributed by atoms with Crippen LogP contribution in [0.2, 0.25) is 0 Å². The highest BCUT2D eigenvalue weighted by atomic mass is 32.2. The normalized spacial score (nSPS) is 10.2. The number of aromatic amines is 1. The molecule has 0 aliphatic carbocycles. The number of nitrogens with zero attached hydrogens (tertiary/aromatic N) is 2. The molecule has 104 valence electrons. The van der Waals surface area contributed by atoms with Crippen LogP contribution in [-0.2, 0) is 4.79 Å². The molecule has 0 saturated heterocycles. The maximum atomic E-state index is 12.7. The lowest BCUT2D eigenvalue weighted by Gasteiger charge is -2.02. The Balaban J connectivity index is 1.74. The van der Waals surface area contributed by atoms with Crippen LogP contribution in [0.15, 0.2) is 30.6 Å².